The molecule has 1 aliphatic heterocycles. The molecule has 0 radical (unpaired) electrons. The fourth-order valence-corrected chi connectivity index (χ4v) is 4.81. The zero-order valence-electron chi connectivity index (χ0n) is 15.3. The van der Waals surface area contributed by atoms with Crippen LogP contribution in [0.2, 0.25) is 0 Å². The summed E-state index contributed by atoms with van der Waals surface area (Å²) in [4.78, 5) is 26.7. The van der Waals surface area contributed by atoms with E-state index in [0.717, 1.165) is 28.5 Å². The van der Waals surface area contributed by atoms with Gasteiger partial charge in [-0.25, -0.2) is 13.6 Å². The Labute approximate surface area is 169 Å². The van der Waals surface area contributed by atoms with E-state index in [2.05, 4.69) is 0 Å². The number of ether oxygens (including phenoxy) is 1. The minimum atomic E-state index is -4.94. The monoisotopic (exact) mass is 444 g/mol. The number of nitrogens with one attached hydrogen (secondary N) is 1. The van der Waals surface area contributed by atoms with Crippen LogP contribution in [0.4, 0.5) is 22.0 Å². The second kappa shape index (κ2) is 7.24. The van der Waals surface area contributed by atoms with E-state index in [1.54, 1.807) is 0 Å². The summed E-state index contributed by atoms with van der Waals surface area (Å²) in [5.74, 6) is -1.99. The third-order valence-corrected chi connectivity index (χ3v) is 6.10. The predicted molar refractivity (Wildman–Crippen MR) is 101 cm³/mol. The Morgan fingerprint density at radius 1 is 1.20 bits per heavy atom. The second-order valence-corrected chi connectivity index (χ2v) is 7.72. The molecule has 0 spiro atoms. The van der Waals surface area contributed by atoms with Gasteiger partial charge in [0, 0.05) is 35.0 Å². The molecule has 4 rings (SSSR count). The van der Waals surface area contributed by atoms with Crippen molar-refractivity contribution in [1.82, 2.24) is 9.55 Å². The van der Waals surface area contributed by atoms with Crippen LogP contribution in [0, 0.1) is 11.6 Å². The zero-order valence-corrected chi connectivity index (χ0v) is 16.1. The molecule has 1 atom stereocenters. The highest BCUT2D eigenvalue weighted by molar-refractivity contribution is 7.99. The van der Waals surface area contributed by atoms with Crippen LogP contribution in [0.25, 0.3) is 22.0 Å². The van der Waals surface area contributed by atoms with Crippen molar-refractivity contribution in [3.05, 3.63) is 62.3 Å². The van der Waals surface area contributed by atoms with E-state index >= 15 is 0 Å². The van der Waals surface area contributed by atoms with Crippen LogP contribution < -0.4 is 11.2 Å². The van der Waals surface area contributed by atoms with Crippen LogP contribution in [0.3, 0.4) is 0 Å². The molecular weight excluding hydrogens is 431 g/mol. The molecule has 0 aliphatic carbocycles. The molecule has 3 aromatic rings. The maximum atomic E-state index is 14.6. The minimum Gasteiger partial charge on any atom is -0.379 e. The summed E-state index contributed by atoms with van der Waals surface area (Å²) in [6, 6.07) is 2.84. The largest absolute Gasteiger partial charge is 0.417 e. The maximum Gasteiger partial charge on any atom is 0.417 e. The van der Waals surface area contributed by atoms with Gasteiger partial charge in [0.25, 0.3) is 5.56 Å². The summed E-state index contributed by atoms with van der Waals surface area (Å²) in [5, 5.41) is -0.354. The van der Waals surface area contributed by atoms with Gasteiger partial charge in [-0.2, -0.15) is 13.2 Å². The smallest absolute Gasteiger partial charge is 0.379 e. The number of nitrogens with zero attached hydrogens (tertiary/aromatic N) is 1. The van der Waals surface area contributed by atoms with E-state index in [9.17, 15) is 31.5 Å². The first-order chi connectivity index (χ1) is 14.1. The lowest BCUT2D eigenvalue weighted by Crippen LogP contribution is -2.34. The van der Waals surface area contributed by atoms with E-state index < -0.39 is 51.9 Å². The van der Waals surface area contributed by atoms with Gasteiger partial charge in [-0.3, -0.25) is 14.3 Å². The van der Waals surface area contributed by atoms with Crippen molar-refractivity contribution in [2.45, 2.75) is 23.7 Å². The van der Waals surface area contributed by atoms with Gasteiger partial charge in [0.15, 0.2) is 0 Å². The van der Waals surface area contributed by atoms with Crippen molar-refractivity contribution in [2.75, 3.05) is 12.9 Å². The van der Waals surface area contributed by atoms with Gasteiger partial charge in [-0.05, 0) is 18.2 Å². The SMILES string of the molecule is CO[C@H]1CSc2c(-c3ccc(F)cc3F)c(C(F)(F)F)cc3c(=O)[nH]c(=O)n(c23)C1. The first-order valence-electron chi connectivity index (χ1n) is 8.64. The maximum absolute atomic E-state index is 14.6. The molecule has 1 aromatic heterocycles. The van der Waals surface area contributed by atoms with Gasteiger partial charge >= 0.3 is 11.9 Å². The lowest BCUT2D eigenvalue weighted by molar-refractivity contribution is -0.137. The first-order valence-corrected chi connectivity index (χ1v) is 9.62. The van der Waals surface area contributed by atoms with Crippen LogP contribution in [0.15, 0.2) is 38.8 Å². The average molecular weight is 444 g/mol. The second-order valence-electron chi connectivity index (χ2n) is 6.68. The van der Waals surface area contributed by atoms with E-state index in [0.29, 0.717) is 12.1 Å². The first kappa shape index (κ1) is 20.6. The number of halogens is 5. The molecule has 0 amide bonds. The molecule has 1 N–H and O–H groups in total. The van der Waals surface area contributed by atoms with Crippen molar-refractivity contribution >= 4 is 22.7 Å². The van der Waals surface area contributed by atoms with Crippen molar-refractivity contribution < 1.29 is 26.7 Å². The van der Waals surface area contributed by atoms with Gasteiger partial charge in [-0.15, -0.1) is 11.8 Å². The van der Waals surface area contributed by atoms with Crippen LogP contribution in [-0.4, -0.2) is 28.5 Å². The molecule has 5 nitrogen and oxygen atoms in total. The summed E-state index contributed by atoms with van der Waals surface area (Å²) in [7, 11) is 1.39. The Balaban J connectivity index is 2.22. The van der Waals surface area contributed by atoms with E-state index in [1.807, 2.05) is 4.98 Å². The molecular formula is C19H13F5N2O3S. The Bertz CT molecular complexity index is 1280. The van der Waals surface area contributed by atoms with Crippen LogP contribution in [0.5, 0.6) is 0 Å². The highest BCUT2D eigenvalue weighted by Crippen LogP contribution is 2.47. The third kappa shape index (κ3) is 3.31. The van der Waals surface area contributed by atoms with Gasteiger partial charge in [-0.1, -0.05) is 0 Å². The standard InChI is InChI=1S/C19H13F5N2O3S/c1-29-9-6-26-15-11(17(27)25-18(26)28)5-12(19(22,23)24)14(16(15)30-7-9)10-3-2-8(20)4-13(10)21/h2-5,9H,6-7H2,1H3,(H,25,27,28)/t9-/m1/s1. The molecule has 1 aliphatic rings. The highest BCUT2D eigenvalue weighted by atomic mass is 32.2. The Morgan fingerprint density at radius 3 is 2.57 bits per heavy atom. The van der Waals surface area contributed by atoms with Crippen molar-refractivity contribution in [3.63, 3.8) is 0 Å². The number of alkyl halides is 3. The van der Waals surface area contributed by atoms with Gasteiger partial charge in [0.05, 0.1) is 29.1 Å². The number of H-pyrrole nitrogens is 1. The Morgan fingerprint density at radius 2 is 1.93 bits per heavy atom. The predicted octanol–water partition coefficient (Wildman–Crippen LogP) is 3.77. The molecule has 0 saturated heterocycles. The molecule has 11 heteroatoms. The van der Waals surface area contributed by atoms with Crippen LogP contribution in [0.1, 0.15) is 5.56 Å². The minimum absolute atomic E-state index is 0.0146. The number of methoxy groups -OCH3 is 1. The molecule has 0 fully saturated rings. The summed E-state index contributed by atoms with van der Waals surface area (Å²) in [6.45, 7) is -0.0146. The third-order valence-electron chi connectivity index (χ3n) is 4.87. The van der Waals surface area contributed by atoms with Crippen LogP contribution in [-0.2, 0) is 17.5 Å². The lowest BCUT2D eigenvalue weighted by Gasteiger charge is -2.20. The molecule has 0 unspecified atom stereocenters. The molecule has 2 aromatic carbocycles. The summed E-state index contributed by atoms with van der Waals surface area (Å²) in [5.41, 5.74) is -4.13. The quantitative estimate of drug-likeness (QED) is 0.612. The van der Waals surface area contributed by atoms with E-state index in [4.69, 9.17) is 4.74 Å². The van der Waals surface area contributed by atoms with Gasteiger partial charge in [0.2, 0.25) is 0 Å². The van der Waals surface area contributed by atoms with E-state index in [-0.39, 0.29) is 28.1 Å². The molecule has 0 bridgehead atoms. The van der Waals surface area contributed by atoms with Crippen molar-refractivity contribution in [1.29, 1.82) is 0 Å². The molecule has 2 heterocycles. The highest BCUT2D eigenvalue weighted by Gasteiger charge is 2.38. The Kier molecular flexibility index (Phi) is 4.97. The van der Waals surface area contributed by atoms with Gasteiger partial charge < -0.3 is 4.74 Å². The van der Waals surface area contributed by atoms with Crippen molar-refractivity contribution in [2.24, 2.45) is 0 Å². The topological polar surface area (TPSA) is 64.1 Å². The average Bonchev–Trinajstić information content (AvgIpc) is 2.86. The normalized spacial score (nSPS) is 16.7. The zero-order chi connectivity index (χ0) is 21.8. The fraction of sp³-hybridized carbons (Fsp3) is 0.263. The lowest BCUT2D eigenvalue weighted by atomic mass is 9.96. The number of hydrogen-bond donors (Lipinski definition) is 1. The number of thioether (sulfide) groups is 1. The molecule has 0 saturated carbocycles. The summed E-state index contributed by atoms with van der Waals surface area (Å²) in [6.07, 6.45) is -5.49. The summed E-state index contributed by atoms with van der Waals surface area (Å²) < 4.78 is 76.2. The number of aromatic nitrogens is 2. The number of aromatic amines is 1. The number of rotatable bonds is 2. The number of benzene rings is 2. The Hall–Kier alpha value is -2.66. The van der Waals surface area contributed by atoms with Crippen LogP contribution >= 0.6 is 11.8 Å². The summed E-state index contributed by atoms with van der Waals surface area (Å²) >= 11 is 0.919. The molecule has 158 valence electrons. The molecule has 30 heavy (non-hydrogen) atoms. The number of hydrogen-bond acceptors (Lipinski definition) is 4. The van der Waals surface area contributed by atoms with Crippen molar-refractivity contribution in [3.8, 4) is 11.1 Å². The fourth-order valence-electron chi connectivity index (χ4n) is 3.50. The van der Waals surface area contributed by atoms with Gasteiger partial charge in [0.1, 0.15) is 11.6 Å². The van der Waals surface area contributed by atoms with E-state index in [1.165, 1.54) is 7.11 Å².